The third-order valence-corrected chi connectivity index (χ3v) is 2.22. The molecule has 5 N–H and O–H groups in total. The van der Waals surface area contributed by atoms with Crippen LogP contribution in [0.15, 0.2) is 15.8 Å². The molecule has 1 aromatic rings. The van der Waals surface area contributed by atoms with Crippen LogP contribution in [-0.4, -0.2) is 21.5 Å². The number of nitrogens with zero attached hydrogens (tertiary/aromatic N) is 1. The van der Waals surface area contributed by atoms with E-state index in [9.17, 15) is 14.4 Å². The van der Waals surface area contributed by atoms with Crippen LogP contribution in [-0.2, 0) is 17.8 Å². The molecular weight excluding hydrogens is 212 g/mol. The van der Waals surface area contributed by atoms with Gasteiger partial charge in [0.15, 0.2) is 0 Å². The van der Waals surface area contributed by atoms with Crippen molar-refractivity contribution in [2.24, 2.45) is 11.5 Å². The van der Waals surface area contributed by atoms with Gasteiger partial charge in [-0.1, -0.05) is 6.92 Å². The molecule has 0 spiro atoms. The highest BCUT2D eigenvalue weighted by molar-refractivity contribution is 5.79. The Labute approximate surface area is 91.1 Å². The van der Waals surface area contributed by atoms with Crippen LogP contribution in [0.25, 0.3) is 0 Å². The number of hydrogen-bond donors (Lipinski definition) is 3. The molecule has 16 heavy (non-hydrogen) atoms. The van der Waals surface area contributed by atoms with E-state index in [1.165, 1.54) is 10.8 Å². The van der Waals surface area contributed by atoms with E-state index in [0.29, 0.717) is 12.0 Å². The fourth-order valence-corrected chi connectivity index (χ4v) is 1.24. The third kappa shape index (κ3) is 2.57. The number of carbonyl (C=O) groups excluding carboxylic acids is 1. The molecule has 0 saturated carbocycles. The maximum Gasteiger partial charge on any atom is 0.328 e. The Balaban J connectivity index is 3.10. The highest BCUT2D eigenvalue weighted by Crippen LogP contribution is 1.90. The Morgan fingerprint density at radius 2 is 2.19 bits per heavy atom. The van der Waals surface area contributed by atoms with E-state index in [-0.39, 0.29) is 6.54 Å². The minimum atomic E-state index is -0.951. The van der Waals surface area contributed by atoms with Crippen molar-refractivity contribution in [2.45, 2.75) is 25.9 Å². The zero-order chi connectivity index (χ0) is 12.3. The number of H-pyrrole nitrogens is 1. The second-order valence-electron chi connectivity index (χ2n) is 3.43. The fraction of sp³-hybridized carbons (Fsp3) is 0.444. The first-order valence-corrected chi connectivity index (χ1v) is 4.83. The molecule has 1 atom stereocenters. The summed E-state index contributed by atoms with van der Waals surface area (Å²) < 4.78 is 1.18. The Morgan fingerprint density at radius 1 is 1.56 bits per heavy atom. The number of aromatic nitrogens is 2. The molecule has 1 aromatic heterocycles. The highest BCUT2D eigenvalue weighted by atomic mass is 16.2. The van der Waals surface area contributed by atoms with Gasteiger partial charge < -0.3 is 11.5 Å². The standard InChI is InChI=1S/C9H14N4O3/c1-2-5-3-13(4-6(10)7(11)14)9(16)12-8(5)15/h3,6H,2,4,10H2,1H3,(H2,11,14)(H,12,15,16). The Kier molecular flexibility index (Phi) is 3.62. The second kappa shape index (κ2) is 4.75. The summed E-state index contributed by atoms with van der Waals surface area (Å²) in [4.78, 5) is 35.5. The highest BCUT2D eigenvalue weighted by Gasteiger charge is 2.11. The minimum Gasteiger partial charge on any atom is -0.368 e. The second-order valence-corrected chi connectivity index (χ2v) is 3.43. The van der Waals surface area contributed by atoms with Gasteiger partial charge in [-0.15, -0.1) is 0 Å². The summed E-state index contributed by atoms with van der Waals surface area (Å²) in [5.74, 6) is -0.698. The maximum atomic E-state index is 11.4. The van der Waals surface area contributed by atoms with Gasteiger partial charge >= 0.3 is 5.69 Å². The molecule has 0 fully saturated rings. The van der Waals surface area contributed by atoms with Crippen LogP contribution in [0.5, 0.6) is 0 Å². The van der Waals surface area contributed by atoms with Crippen molar-refractivity contribution in [1.29, 1.82) is 0 Å². The lowest BCUT2D eigenvalue weighted by Crippen LogP contribution is -2.43. The first kappa shape index (κ1) is 12.2. The van der Waals surface area contributed by atoms with E-state index >= 15 is 0 Å². The number of aromatic amines is 1. The van der Waals surface area contributed by atoms with E-state index in [0.717, 1.165) is 0 Å². The van der Waals surface area contributed by atoms with Gasteiger partial charge in [0.1, 0.15) is 6.04 Å². The minimum absolute atomic E-state index is 0.0437. The largest absolute Gasteiger partial charge is 0.368 e. The van der Waals surface area contributed by atoms with E-state index in [2.05, 4.69) is 4.98 Å². The number of hydrogen-bond acceptors (Lipinski definition) is 4. The van der Waals surface area contributed by atoms with Crippen molar-refractivity contribution in [3.8, 4) is 0 Å². The summed E-state index contributed by atoms with van der Waals surface area (Å²) in [6.45, 7) is 1.74. The Morgan fingerprint density at radius 3 is 2.69 bits per heavy atom. The average Bonchev–Trinajstić information content (AvgIpc) is 2.21. The SMILES string of the molecule is CCc1cn(CC(N)C(N)=O)c(=O)[nH]c1=O. The van der Waals surface area contributed by atoms with Gasteiger partial charge in [0.25, 0.3) is 5.56 Å². The molecule has 0 bridgehead atoms. The van der Waals surface area contributed by atoms with Crippen LogP contribution in [0.4, 0.5) is 0 Å². The Bertz CT molecular complexity index is 502. The summed E-state index contributed by atoms with van der Waals surface area (Å²) in [6.07, 6.45) is 1.88. The van der Waals surface area contributed by atoms with Crippen molar-refractivity contribution >= 4 is 5.91 Å². The molecular formula is C9H14N4O3. The lowest BCUT2D eigenvalue weighted by molar-refractivity contribution is -0.119. The molecule has 0 aliphatic heterocycles. The summed E-state index contributed by atoms with van der Waals surface area (Å²) in [5, 5.41) is 0. The molecule has 1 amide bonds. The number of rotatable bonds is 4. The summed E-state index contributed by atoms with van der Waals surface area (Å²) in [7, 11) is 0. The molecule has 0 saturated heterocycles. The number of nitrogens with two attached hydrogens (primary N) is 2. The smallest absolute Gasteiger partial charge is 0.328 e. The molecule has 0 aliphatic carbocycles. The Hall–Kier alpha value is -1.89. The molecule has 0 radical (unpaired) electrons. The van der Waals surface area contributed by atoms with Gasteiger partial charge in [-0.05, 0) is 6.42 Å². The molecule has 88 valence electrons. The third-order valence-electron chi connectivity index (χ3n) is 2.22. The molecule has 7 nitrogen and oxygen atoms in total. The normalized spacial score (nSPS) is 12.4. The number of nitrogens with one attached hydrogen (secondary N) is 1. The maximum absolute atomic E-state index is 11.4. The predicted molar refractivity (Wildman–Crippen MR) is 57.9 cm³/mol. The van der Waals surface area contributed by atoms with E-state index in [1.807, 2.05) is 0 Å². The van der Waals surface area contributed by atoms with Gasteiger partial charge in [0, 0.05) is 11.8 Å². The van der Waals surface area contributed by atoms with Crippen LogP contribution in [0.3, 0.4) is 0 Å². The summed E-state index contributed by atoms with van der Waals surface area (Å²) >= 11 is 0. The van der Waals surface area contributed by atoms with Crippen LogP contribution in [0.2, 0.25) is 0 Å². The van der Waals surface area contributed by atoms with Crippen molar-refractivity contribution in [3.05, 3.63) is 32.6 Å². The van der Waals surface area contributed by atoms with Gasteiger partial charge in [0.2, 0.25) is 5.91 Å². The van der Waals surface area contributed by atoms with Gasteiger partial charge in [-0.2, -0.15) is 0 Å². The first-order chi connectivity index (χ1) is 7.45. The number of amides is 1. The topological polar surface area (TPSA) is 124 Å². The number of aryl methyl sites for hydroxylation is 1. The zero-order valence-corrected chi connectivity index (χ0v) is 8.90. The lowest BCUT2D eigenvalue weighted by Gasteiger charge is -2.10. The van der Waals surface area contributed by atoms with Crippen molar-refractivity contribution in [3.63, 3.8) is 0 Å². The zero-order valence-electron chi connectivity index (χ0n) is 8.90. The van der Waals surface area contributed by atoms with Crippen LogP contribution >= 0.6 is 0 Å². The van der Waals surface area contributed by atoms with Crippen LogP contribution in [0.1, 0.15) is 12.5 Å². The van der Waals surface area contributed by atoms with Crippen LogP contribution < -0.4 is 22.7 Å². The molecule has 1 rings (SSSR count). The predicted octanol–water partition coefficient (Wildman–Crippen LogP) is -2.09. The van der Waals surface area contributed by atoms with Gasteiger partial charge in [-0.25, -0.2) is 4.79 Å². The van der Waals surface area contributed by atoms with E-state index in [4.69, 9.17) is 11.5 Å². The molecule has 7 heteroatoms. The number of primary amides is 1. The van der Waals surface area contributed by atoms with Crippen LogP contribution in [0, 0.1) is 0 Å². The van der Waals surface area contributed by atoms with Gasteiger partial charge in [-0.3, -0.25) is 19.1 Å². The summed E-state index contributed by atoms with van der Waals surface area (Å²) in [5.41, 5.74) is 9.84. The molecule has 1 unspecified atom stereocenters. The average molecular weight is 226 g/mol. The fourth-order valence-electron chi connectivity index (χ4n) is 1.24. The van der Waals surface area contributed by atoms with Crippen molar-refractivity contribution in [2.75, 3.05) is 0 Å². The van der Waals surface area contributed by atoms with Gasteiger partial charge in [0.05, 0.1) is 6.54 Å². The molecule has 0 aliphatic rings. The molecule has 0 aromatic carbocycles. The lowest BCUT2D eigenvalue weighted by atomic mass is 10.2. The monoisotopic (exact) mass is 226 g/mol. The summed E-state index contributed by atoms with van der Waals surface area (Å²) in [6, 6.07) is -0.951. The van der Waals surface area contributed by atoms with Crippen molar-refractivity contribution < 1.29 is 4.79 Å². The van der Waals surface area contributed by atoms with E-state index in [1.54, 1.807) is 6.92 Å². The van der Waals surface area contributed by atoms with E-state index < -0.39 is 23.2 Å². The number of carbonyl (C=O) groups is 1. The quantitative estimate of drug-likeness (QED) is 0.544. The first-order valence-electron chi connectivity index (χ1n) is 4.83. The van der Waals surface area contributed by atoms with Crippen molar-refractivity contribution in [1.82, 2.24) is 9.55 Å². The molecule has 1 heterocycles.